The quantitative estimate of drug-likeness (QED) is 0.471. The third kappa shape index (κ3) is 7.50. The lowest BCUT2D eigenvalue weighted by Crippen LogP contribution is -1.92. The van der Waals surface area contributed by atoms with E-state index in [0.717, 1.165) is 12.8 Å². The minimum atomic E-state index is -0.275. The summed E-state index contributed by atoms with van der Waals surface area (Å²) in [6.45, 7) is 2.06. The van der Waals surface area contributed by atoms with Crippen LogP contribution < -0.4 is 0 Å². The fourth-order valence-corrected chi connectivity index (χ4v) is 0.414. The molecule has 0 fully saturated rings. The highest BCUT2D eigenvalue weighted by Crippen LogP contribution is 1.88. The molecule has 0 heterocycles. The van der Waals surface area contributed by atoms with Crippen LogP contribution in [-0.4, -0.2) is 13.1 Å². The second kappa shape index (κ2) is 8.50. The van der Waals surface area contributed by atoms with Gasteiger partial charge in [0.2, 0.25) is 0 Å². The number of unbranched alkanes of at least 4 members (excludes halogenated alkanes) is 1. The van der Waals surface area contributed by atoms with Crippen LogP contribution in [-0.2, 0) is 9.53 Å². The van der Waals surface area contributed by atoms with Crippen molar-refractivity contribution in [3.05, 3.63) is 12.2 Å². The number of rotatable bonds is 3. The van der Waals surface area contributed by atoms with Gasteiger partial charge in [0.25, 0.3) is 0 Å². The molecule has 0 saturated heterocycles. The molecular weight excluding hydrogens is 152 g/mol. The summed E-state index contributed by atoms with van der Waals surface area (Å²) in [6, 6.07) is 0. The van der Waals surface area contributed by atoms with E-state index in [-0.39, 0.29) is 18.4 Å². The average molecular weight is 165 g/mol. The number of carbonyl (C=O) groups excluding carboxylic acids is 1. The summed E-state index contributed by atoms with van der Waals surface area (Å²) in [5.74, 6) is -0.275. The maximum Gasteiger partial charge on any atom is 0.330 e. The maximum absolute atomic E-state index is 10.4. The smallest absolute Gasteiger partial charge is 0.330 e. The van der Waals surface area contributed by atoms with Gasteiger partial charge < -0.3 is 4.74 Å². The van der Waals surface area contributed by atoms with Crippen molar-refractivity contribution in [3.63, 3.8) is 0 Å². The van der Waals surface area contributed by atoms with Gasteiger partial charge in [0, 0.05) is 6.08 Å². The molecule has 0 rings (SSSR count). The van der Waals surface area contributed by atoms with Crippen LogP contribution in [0.15, 0.2) is 12.2 Å². The standard InChI is InChI=1S/C7H12O2.ClH/c1-3-4-5-6-7(8)9-2;/h5-6H,3-4H2,1-2H3;1H. The zero-order chi connectivity index (χ0) is 7.11. The zero-order valence-corrected chi connectivity index (χ0v) is 7.11. The molecule has 2 nitrogen and oxygen atoms in total. The van der Waals surface area contributed by atoms with Crippen LogP contribution in [0.2, 0.25) is 0 Å². The van der Waals surface area contributed by atoms with Crippen LogP contribution in [0.25, 0.3) is 0 Å². The predicted octanol–water partition coefficient (Wildman–Crippen LogP) is 1.94. The van der Waals surface area contributed by atoms with Crippen molar-refractivity contribution in [1.82, 2.24) is 0 Å². The van der Waals surface area contributed by atoms with E-state index in [0.29, 0.717) is 0 Å². The molecule has 0 aliphatic heterocycles. The third-order valence-electron chi connectivity index (χ3n) is 0.910. The summed E-state index contributed by atoms with van der Waals surface area (Å²) in [5, 5.41) is 0. The Bertz CT molecular complexity index is 110. The van der Waals surface area contributed by atoms with E-state index in [4.69, 9.17) is 0 Å². The molecule has 0 aliphatic carbocycles. The topological polar surface area (TPSA) is 26.3 Å². The molecule has 0 aromatic carbocycles. The van der Waals surface area contributed by atoms with Gasteiger partial charge in [-0.05, 0) is 6.42 Å². The molecule has 0 bridgehead atoms. The zero-order valence-electron chi connectivity index (χ0n) is 6.29. The molecule has 10 heavy (non-hydrogen) atoms. The number of allylic oxidation sites excluding steroid dienone is 1. The highest BCUT2D eigenvalue weighted by atomic mass is 35.5. The Hall–Kier alpha value is -0.500. The Morgan fingerprint density at radius 1 is 1.60 bits per heavy atom. The van der Waals surface area contributed by atoms with Crippen LogP contribution in [0.5, 0.6) is 0 Å². The molecule has 0 atom stereocenters. The summed E-state index contributed by atoms with van der Waals surface area (Å²) in [4.78, 5) is 10.4. The van der Waals surface area contributed by atoms with Crippen LogP contribution in [0.4, 0.5) is 0 Å². The Morgan fingerprint density at radius 2 is 2.20 bits per heavy atom. The lowest BCUT2D eigenvalue weighted by atomic mass is 10.3. The summed E-state index contributed by atoms with van der Waals surface area (Å²) < 4.78 is 4.37. The van der Waals surface area contributed by atoms with Crippen molar-refractivity contribution in [3.8, 4) is 0 Å². The van der Waals surface area contributed by atoms with Gasteiger partial charge in [0.05, 0.1) is 7.11 Å². The monoisotopic (exact) mass is 164 g/mol. The van der Waals surface area contributed by atoms with Gasteiger partial charge in [-0.25, -0.2) is 4.79 Å². The van der Waals surface area contributed by atoms with E-state index in [2.05, 4.69) is 11.7 Å². The highest BCUT2D eigenvalue weighted by molar-refractivity contribution is 5.85. The van der Waals surface area contributed by atoms with Gasteiger partial charge in [0.15, 0.2) is 0 Å². The summed E-state index contributed by atoms with van der Waals surface area (Å²) in [6.07, 6.45) is 5.26. The van der Waals surface area contributed by atoms with E-state index < -0.39 is 0 Å². The number of carbonyl (C=O) groups is 1. The molecule has 3 heteroatoms. The maximum atomic E-state index is 10.4. The van der Waals surface area contributed by atoms with Gasteiger partial charge in [-0.2, -0.15) is 0 Å². The second-order valence-corrected chi connectivity index (χ2v) is 1.71. The first-order valence-electron chi connectivity index (χ1n) is 3.05. The normalized spacial score (nSPS) is 9.00. The van der Waals surface area contributed by atoms with E-state index >= 15 is 0 Å². The van der Waals surface area contributed by atoms with Crippen molar-refractivity contribution in [2.75, 3.05) is 7.11 Å². The molecule has 0 amide bonds. The van der Waals surface area contributed by atoms with E-state index in [9.17, 15) is 4.79 Å². The van der Waals surface area contributed by atoms with Gasteiger partial charge in [0.1, 0.15) is 0 Å². The first kappa shape index (κ1) is 12.2. The number of hydrogen-bond acceptors (Lipinski definition) is 2. The number of esters is 1. The lowest BCUT2D eigenvalue weighted by Gasteiger charge is -1.87. The Morgan fingerprint density at radius 3 is 2.60 bits per heavy atom. The first-order chi connectivity index (χ1) is 4.31. The Balaban J connectivity index is 0. The van der Waals surface area contributed by atoms with Gasteiger partial charge >= 0.3 is 5.97 Å². The number of hydrogen-bond donors (Lipinski definition) is 0. The van der Waals surface area contributed by atoms with Crippen LogP contribution in [0, 0.1) is 0 Å². The van der Waals surface area contributed by atoms with E-state index in [1.807, 2.05) is 6.08 Å². The van der Waals surface area contributed by atoms with Crippen molar-refractivity contribution >= 4 is 18.4 Å². The molecule has 0 aromatic rings. The molecular formula is C7H13ClO2. The lowest BCUT2D eigenvalue weighted by molar-refractivity contribution is -0.134. The van der Waals surface area contributed by atoms with Crippen LogP contribution in [0.3, 0.4) is 0 Å². The average Bonchev–Trinajstić information content (AvgIpc) is 1.89. The molecule has 0 N–H and O–H groups in total. The van der Waals surface area contributed by atoms with Gasteiger partial charge in [-0.3, -0.25) is 0 Å². The summed E-state index contributed by atoms with van der Waals surface area (Å²) >= 11 is 0. The molecule has 0 aliphatic rings. The Labute approximate surface area is 67.7 Å². The second-order valence-electron chi connectivity index (χ2n) is 1.71. The highest BCUT2D eigenvalue weighted by Gasteiger charge is 1.86. The minimum Gasteiger partial charge on any atom is -0.466 e. The summed E-state index contributed by atoms with van der Waals surface area (Å²) in [7, 11) is 1.37. The fourth-order valence-electron chi connectivity index (χ4n) is 0.414. The van der Waals surface area contributed by atoms with Gasteiger partial charge in [-0.1, -0.05) is 19.4 Å². The molecule has 0 radical (unpaired) electrons. The largest absolute Gasteiger partial charge is 0.466 e. The first-order valence-corrected chi connectivity index (χ1v) is 3.05. The number of methoxy groups -OCH3 is 1. The fraction of sp³-hybridized carbons (Fsp3) is 0.571. The molecule has 60 valence electrons. The van der Waals surface area contributed by atoms with Gasteiger partial charge in [-0.15, -0.1) is 12.4 Å². The number of ether oxygens (including phenoxy) is 1. The predicted molar refractivity (Wildman–Crippen MR) is 43.3 cm³/mol. The summed E-state index contributed by atoms with van der Waals surface area (Å²) in [5.41, 5.74) is 0. The van der Waals surface area contributed by atoms with E-state index in [1.54, 1.807) is 0 Å². The third-order valence-corrected chi connectivity index (χ3v) is 0.910. The molecule has 0 unspecified atom stereocenters. The van der Waals surface area contributed by atoms with Crippen molar-refractivity contribution in [2.45, 2.75) is 19.8 Å². The van der Waals surface area contributed by atoms with E-state index in [1.165, 1.54) is 13.2 Å². The SMILES string of the molecule is CCCC=CC(=O)OC.Cl. The number of halogens is 1. The molecule has 0 saturated carbocycles. The van der Waals surface area contributed by atoms with Crippen molar-refractivity contribution in [1.29, 1.82) is 0 Å². The molecule has 0 spiro atoms. The molecule has 0 aromatic heterocycles. The van der Waals surface area contributed by atoms with Crippen LogP contribution >= 0.6 is 12.4 Å². The van der Waals surface area contributed by atoms with Crippen molar-refractivity contribution < 1.29 is 9.53 Å². The van der Waals surface area contributed by atoms with Crippen molar-refractivity contribution in [2.24, 2.45) is 0 Å². The minimum absolute atomic E-state index is 0. The Kier molecular flexibility index (Phi) is 10.4. The van der Waals surface area contributed by atoms with Crippen LogP contribution in [0.1, 0.15) is 19.8 Å².